The zero-order chi connectivity index (χ0) is 11.5. The lowest BCUT2D eigenvalue weighted by molar-refractivity contribution is 0.0702. The van der Waals surface area contributed by atoms with Crippen LogP contribution in [0.15, 0.2) is 24.5 Å². The summed E-state index contributed by atoms with van der Waals surface area (Å²) in [6.45, 7) is 1.90. The van der Waals surface area contributed by atoms with E-state index < -0.39 is 5.97 Å². The smallest absolute Gasteiger partial charge is 0.347 e. The molecule has 0 aliphatic rings. The van der Waals surface area contributed by atoms with Gasteiger partial charge in [-0.25, -0.2) is 9.78 Å². The van der Waals surface area contributed by atoms with Gasteiger partial charge < -0.3 is 10.4 Å². The van der Waals surface area contributed by atoms with Gasteiger partial charge in [-0.1, -0.05) is 11.3 Å². The van der Waals surface area contributed by atoms with Gasteiger partial charge in [0.1, 0.15) is 4.88 Å². The molecule has 0 fully saturated rings. The van der Waals surface area contributed by atoms with E-state index in [1.54, 1.807) is 6.20 Å². The fraction of sp³-hybridized carbons (Fsp3) is 0.100. The van der Waals surface area contributed by atoms with Crippen LogP contribution in [0.25, 0.3) is 0 Å². The van der Waals surface area contributed by atoms with Gasteiger partial charge in [-0.2, -0.15) is 0 Å². The lowest BCUT2D eigenvalue weighted by Gasteiger charge is -2.01. The average Bonchev–Trinajstić information content (AvgIpc) is 2.70. The molecule has 0 atom stereocenters. The number of carboxylic acid groups (broad SMARTS) is 1. The minimum atomic E-state index is -0.965. The molecule has 0 unspecified atom stereocenters. The Balaban J connectivity index is 2.14. The van der Waals surface area contributed by atoms with Crippen LogP contribution in [0.1, 0.15) is 15.4 Å². The Labute approximate surface area is 95.8 Å². The summed E-state index contributed by atoms with van der Waals surface area (Å²) in [5.74, 6) is -0.965. The number of aromatic carboxylic acids is 1. The van der Waals surface area contributed by atoms with Crippen LogP contribution in [0.2, 0.25) is 0 Å². The van der Waals surface area contributed by atoms with Crippen LogP contribution in [0.3, 0.4) is 0 Å². The van der Waals surface area contributed by atoms with E-state index in [9.17, 15) is 4.79 Å². The summed E-state index contributed by atoms with van der Waals surface area (Å²) in [7, 11) is 0. The van der Waals surface area contributed by atoms with Gasteiger partial charge in [0, 0.05) is 5.69 Å². The number of aryl methyl sites for hydroxylation is 1. The Hall–Kier alpha value is -1.95. The number of carbonyl (C=O) groups is 1. The first-order valence-electron chi connectivity index (χ1n) is 4.54. The number of hydrogen-bond acceptors (Lipinski definition) is 5. The van der Waals surface area contributed by atoms with Crippen molar-refractivity contribution in [3.8, 4) is 0 Å². The zero-order valence-electron chi connectivity index (χ0n) is 8.47. The van der Waals surface area contributed by atoms with Crippen molar-refractivity contribution in [2.24, 2.45) is 0 Å². The summed E-state index contributed by atoms with van der Waals surface area (Å²) in [5.41, 5.74) is 1.72. The normalized spacial score (nSPS) is 10.1. The molecule has 82 valence electrons. The van der Waals surface area contributed by atoms with Crippen LogP contribution in [0, 0.1) is 6.92 Å². The molecule has 2 aromatic heterocycles. The van der Waals surface area contributed by atoms with Crippen LogP contribution in [0.5, 0.6) is 0 Å². The maximum absolute atomic E-state index is 10.6. The molecule has 0 radical (unpaired) electrons. The van der Waals surface area contributed by atoms with Crippen molar-refractivity contribution in [3.63, 3.8) is 0 Å². The Morgan fingerprint density at radius 1 is 1.38 bits per heavy atom. The fourth-order valence-corrected chi connectivity index (χ4v) is 1.77. The Morgan fingerprint density at radius 2 is 2.19 bits per heavy atom. The van der Waals surface area contributed by atoms with Crippen molar-refractivity contribution in [3.05, 3.63) is 35.1 Å². The monoisotopic (exact) mass is 235 g/mol. The number of aromatic nitrogens is 2. The predicted molar refractivity (Wildman–Crippen MR) is 61.3 cm³/mol. The molecule has 16 heavy (non-hydrogen) atoms. The number of anilines is 2. The van der Waals surface area contributed by atoms with E-state index in [1.165, 1.54) is 6.20 Å². The fourth-order valence-electron chi connectivity index (χ4n) is 1.10. The van der Waals surface area contributed by atoms with Crippen LogP contribution >= 0.6 is 11.3 Å². The van der Waals surface area contributed by atoms with Crippen LogP contribution in [0.4, 0.5) is 10.8 Å². The van der Waals surface area contributed by atoms with Gasteiger partial charge >= 0.3 is 5.97 Å². The molecule has 2 aromatic rings. The second kappa shape index (κ2) is 4.28. The van der Waals surface area contributed by atoms with Crippen LogP contribution in [-0.4, -0.2) is 21.0 Å². The Morgan fingerprint density at radius 3 is 2.75 bits per heavy atom. The summed E-state index contributed by atoms with van der Waals surface area (Å²) < 4.78 is 0. The highest BCUT2D eigenvalue weighted by atomic mass is 32.1. The summed E-state index contributed by atoms with van der Waals surface area (Å²) in [5, 5.41) is 12.3. The first kappa shape index (κ1) is 10.6. The number of pyridine rings is 1. The van der Waals surface area contributed by atoms with Crippen molar-refractivity contribution in [2.75, 3.05) is 5.32 Å². The van der Waals surface area contributed by atoms with Crippen molar-refractivity contribution in [1.82, 2.24) is 9.97 Å². The minimum absolute atomic E-state index is 0.211. The third kappa shape index (κ3) is 2.34. The number of nitrogens with zero attached hydrogens (tertiary/aromatic N) is 2. The van der Waals surface area contributed by atoms with E-state index in [-0.39, 0.29) is 4.88 Å². The summed E-state index contributed by atoms with van der Waals surface area (Å²) in [4.78, 5) is 18.9. The maximum Gasteiger partial charge on any atom is 0.347 e. The van der Waals surface area contributed by atoms with Crippen molar-refractivity contribution < 1.29 is 9.90 Å². The maximum atomic E-state index is 10.6. The van der Waals surface area contributed by atoms with E-state index in [4.69, 9.17) is 5.11 Å². The van der Waals surface area contributed by atoms with Gasteiger partial charge in [0.25, 0.3) is 0 Å². The molecular weight excluding hydrogens is 226 g/mol. The number of hydrogen-bond donors (Lipinski definition) is 2. The number of nitrogens with one attached hydrogen (secondary N) is 1. The standard InChI is InChI=1S/C10H9N3O2S/c1-6-2-3-7(4-11-6)13-10-12-5-8(16-10)9(14)15/h2-5H,1H3,(H,12,13)(H,14,15). The molecule has 0 saturated heterocycles. The van der Waals surface area contributed by atoms with E-state index in [0.717, 1.165) is 22.7 Å². The third-order valence-corrected chi connectivity index (χ3v) is 2.78. The Kier molecular flexibility index (Phi) is 2.82. The molecule has 0 saturated carbocycles. The molecule has 0 amide bonds. The van der Waals surface area contributed by atoms with Gasteiger partial charge in [-0.15, -0.1) is 0 Å². The molecule has 5 nitrogen and oxygen atoms in total. The lowest BCUT2D eigenvalue weighted by Crippen LogP contribution is -1.90. The Bertz CT molecular complexity index is 507. The minimum Gasteiger partial charge on any atom is -0.477 e. The molecule has 0 spiro atoms. The number of carboxylic acids is 1. The molecule has 2 rings (SSSR count). The number of rotatable bonds is 3. The van der Waals surface area contributed by atoms with E-state index in [1.807, 2.05) is 19.1 Å². The predicted octanol–water partition coefficient (Wildman–Crippen LogP) is 2.29. The van der Waals surface area contributed by atoms with Gasteiger partial charge in [0.2, 0.25) is 0 Å². The number of thiazole rings is 1. The molecular formula is C10H9N3O2S. The molecule has 2 heterocycles. The van der Waals surface area contributed by atoms with Crippen molar-refractivity contribution in [2.45, 2.75) is 6.92 Å². The first-order chi connectivity index (χ1) is 7.65. The summed E-state index contributed by atoms with van der Waals surface area (Å²) in [6.07, 6.45) is 3.01. The second-order valence-electron chi connectivity index (χ2n) is 3.15. The zero-order valence-corrected chi connectivity index (χ0v) is 9.28. The second-order valence-corrected chi connectivity index (χ2v) is 4.18. The van der Waals surface area contributed by atoms with Gasteiger partial charge in [-0.05, 0) is 19.1 Å². The molecule has 0 aromatic carbocycles. The van der Waals surface area contributed by atoms with Gasteiger partial charge in [0.15, 0.2) is 5.13 Å². The highest BCUT2D eigenvalue weighted by Crippen LogP contribution is 2.21. The quantitative estimate of drug-likeness (QED) is 0.853. The molecule has 0 bridgehead atoms. The van der Waals surface area contributed by atoms with Gasteiger partial charge in [0.05, 0.1) is 18.1 Å². The van der Waals surface area contributed by atoms with Crippen LogP contribution < -0.4 is 5.32 Å². The summed E-state index contributed by atoms with van der Waals surface area (Å²) in [6, 6.07) is 3.73. The van der Waals surface area contributed by atoms with Crippen molar-refractivity contribution in [1.29, 1.82) is 0 Å². The molecule has 2 N–H and O–H groups in total. The molecule has 0 aliphatic carbocycles. The summed E-state index contributed by atoms with van der Waals surface area (Å²) >= 11 is 1.09. The largest absolute Gasteiger partial charge is 0.477 e. The lowest BCUT2D eigenvalue weighted by atomic mass is 10.3. The highest BCUT2D eigenvalue weighted by Gasteiger charge is 2.08. The van der Waals surface area contributed by atoms with Crippen LogP contribution in [-0.2, 0) is 0 Å². The van der Waals surface area contributed by atoms with E-state index >= 15 is 0 Å². The highest BCUT2D eigenvalue weighted by molar-refractivity contribution is 7.17. The van der Waals surface area contributed by atoms with Gasteiger partial charge in [-0.3, -0.25) is 4.98 Å². The van der Waals surface area contributed by atoms with E-state index in [0.29, 0.717) is 5.13 Å². The molecule has 6 heteroatoms. The average molecular weight is 235 g/mol. The third-order valence-electron chi connectivity index (χ3n) is 1.88. The van der Waals surface area contributed by atoms with E-state index in [2.05, 4.69) is 15.3 Å². The SMILES string of the molecule is Cc1ccc(Nc2ncc(C(=O)O)s2)cn1. The molecule has 0 aliphatic heterocycles. The first-order valence-corrected chi connectivity index (χ1v) is 5.35. The van der Waals surface area contributed by atoms with Crippen molar-refractivity contribution >= 4 is 28.1 Å². The topological polar surface area (TPSA) is 75.1 Å².